The number of nitrogens with two attached hydrogens (primary N) is 1. The smallest absolute Gasteiger partial charge is 0.413 e. The minimum absolute atomic E-state index is 0.402. The van der Waals surface area contributed by atoms with Crippen molar-refractivity contribution in [1.82, 2.24) is 4.98 Å². The van der Waals surface area contributed by atoms with Crippen molar-refractivity contribution in [3.05, 3.63) is 22.0 Å². The van der Waals surface area contributed by atoms with Gasteiger partial charge in [-0.2, -0.15) is 0 Å². The number of H-pyrrole nitrogens is 1. The van der Waals surface area contributed by atoms with E-state index < -0.39 is 5.76 Å². The van der Waals surface area contributed by atoms with Gasteiger partial charge in [0.15, 0.2) is 0 Å². The molecule has 56 valence electrons. The summed E-state index contributed by atoms with van der Waals surface area (Å²) in [6.45, 7) is 2.29. The fraction of sp³-hybridized carbons (Fsp3) is 0.500. The molecule has 1 rings (SSSR count). The van der Waals surface area contributed by atoms with E-state index in [0.29, 0.717) is 18.7 Å². The maximum absolute atomic E-state index is 10.5. The number of hydrogen-bond donors (Lipinski definition) is 2. The van der Waals surface area contributed by atoms with Crippen LogP contribution in [0.1, 0.15) is 11.5 Å². The predicted octanol–water partition coefficient (Wildman–Crippen LogP) is -0.222. The first-order valence-corrected chi connectivity index (χ1v) is 3.12. The lowest BCUT2D eigenvalue weighted by Crippen LogP contribution is -2.02. The molecule has 1 aromatic rings. The zero-order valence-electron chi connectivity index (χ0n) is 5.81. The zero-order valence-corrected chi connectivity index (χ0v) is 5.81. The standard InChI is InChI=1S/C6H10N2O2/c1-4-5(2-3-7)10-6(9)8-4/h2-3,7H2,1H3,(H,8,9). The molecule has 0 radical (unpaired) electrons. The van der Waals surface area contributed by atoms with Gasteiger partial charge in [-0.05, 0) is 13.5 Å². The Morgan fingerprint density at radius 1 is 1.70 bits per heavy atom. The normalized spacial score (nSPS) is 10.2. The second-order valence-corrected chi connectivity index (χ2v) is 2.10. The van der Waals surface area contributed by atoms with E-state index in [0.717, 1.165) is 5.69 Å². The van der Waals surface area contributed by atoms with Crippen LogP contribution in [0.2, 0.25) is 0 Å². The highest BCUT2D eigenvalue weighted by atomic mass is 16.4. The minimum atomic E-state index is -0.402. The monoisotopic (exact) mass is 142 g/mol. The molecule has 0 amide bonds. The van der Waals surface area contributed by atoms with Crippen LogP contribution in [-0.2, 0) is 6.42 Å². The van der Waals surface area contributed by atoms with Crippen LogP contribution in [-0.4, -0.2) is 11.5 Å². The van der Waals surface area contributed by atoms with Crippen LogP contribution in [0.15, 0.2) is 9.21 Å². The number of nitrogens with one attached hydrogen (secondary N) is 1. The molecule has 0 atom stereocenters. The van der Waals surface area contributed by atoms with Crippen LogP contribution in [0.25, 0.3) is 0 Å². The summed E-state index contributed by atoms with van der Waals surface area (Å²) in [5.41, 5.74) is 6.04. The van der Waals surface area contributed by atoms with E-state index in [1.165, 1.54) is 0 Å². The Morgan fingerprint density at radius 2 is 2.40 bits per heavy atom. The van der Waals surface area contributed by atoms with Crippen molar-refractivity contribution in [2.75, 3.05) is 6.54 Å². The number of oxazole rings is 1. The van der Waals surface area contributed by atoms with Crippen LogP contribution in [0, 0.1) is 6.92 Å². The lowest BCUT2D eigenvalue weighted by molar-refractivity contribution is 0.469. The average molecular weight is 142 g/mol. The molecule has 0 aliphatic rings. The third-order valence-electron chi connectivity index (χ3n) is 1.30. The van der Waals surface area contributed by atoms with Crippen LogP contribution in [0.5, 0.6) is 0 Å². The summed E-state index contributed by atoms with van der Waals surface area (Å²) in [5.74, 6) is 0.258. The summed E-state index contributed by atoms with van der Waals surface area (Å²) in [6, 6.07) is 0. The molecule has 0 aromatic carbocycles. The van der Waals surface area contributed by atoms with Gasteiger partial charge in [-0.15, -0.1) is 0 Å². The maximum atomic E-state index is 10.5. The first kappa shape index (κ1) is 7.08. The lowest BCUT2D eigenvalue weighted by atomic mass is 10.3. The number of aromatic nitrogens is 1. The Balaban J connectivity index is 2.92. The highest BCUT2D eigenvalue weighted by molar-refractivity contribution is 5.04. The molecule has 10 heavy (non-hydrogen) atoms. The molecule has 0 saturated heterocycles. The average Bonchev–Trinajstić information content (AvgIpc) is 2.13. The Labute approximate surface area is 58.0 Å². The fourth-order valence-electron chi connectivity index (χ4n) is 0.806. The minimum Gasteiger partial charge on any atom is -0.413 e. The van der Waals surface area contributed by atoms with E-state index >= 15 is 0 Å². The summed E-state index contributed by atoms with van der Waals surface area (Å²) < 4.78 is 4.76. The quantitative estimate of drug-likeness (QED) is 0.599. The van der Waals surface area contributed by atoms with E-state index in [1.807, 2.05) is 0 Å². The lowest BCUT2D eigenvalue weighted by Gasteiger charge is -1.89. The van der Waals surface area contributed by atoms with Gasteiger partial charge in [0.05, 0.1) is 5.69 Å². The molecular formula is C6H10N2O2. The van der Waals surface area contributed by atoms with Crippen molar-refractivity contribution in [1.29, 1.82) is 0 Å². The van der Waals surface area contributed by atoms with Crippen molar-refractivity contribution < 1.29 is 4.42 Å². The third-order valence-corrected chi connectivity index (χ3v) is 1.30. The highest BCUT2D eigenvalue weighted by Gasteiger charge is 2.02. The van der Waals surface area contributed by atoms with E-state index in [9.17, 15) is 4.79 Å². The summed E-state index contributed by atoms with van der Waals surface area (Å²) >= 11 is 0. The van der Waals surface area contributed by atoms with Crippen LogP contribution < -0.4 is 11.5 Å². The van der Waals surface area contributed by atoms with E-state index in [1.54, 1.807) is 6.92 Å². The Morgan fingerprint density at radius 3 is 2.80 bits per heavy atom. The predicted molar refractivity (Wildman–Crippen MR) is 36.8 cm³/mol. The summed E-state index contributed by atoms with van der Waals surface area (Å²) in [5, 5.41) is 0. The topological polar surface area (TPSA) is 72.0 Å². The van der Waals surface area contributed by atoms with Gasteiger partial charge in [0.2, 0.25) is 0 Å². The second kappa shape index (κ2) is 2.70. The summed E-state index contributed by atoms with van der Waals surface area (Å²) in [4.78, 5) is 13.0. The van der Waals surface area contributed by atoms with Crippen LogP contribution in [0.4, 0.5) is 0 Å². The second-order valence-electron chi connectivity index (χ2n) is 2.10. The molecule has 0 unspecified atom stereocenters. The molecule has 4 nitrogen and oxygen atoms in total. The molecule has 4 heteroatoms. The summed E-state index contributed by atoms with van der Waals surface area (Å²) in [6.07, 6.45) is 0.616. The van der Waals surface area contributed by atoms with Gasteiger partial charge >= 0.3 is 5.76 Å². The first-order chi connectivity index (χ1) is 4.74. The third kappa shape index (κ3) is 1.27. The molecular weight excluding hydrogens is 132 g/mol. The van der Waals surface area contributed by atoms with Gasteiger partial charge < -0.3 is 10.2 Å². The van der Waals surface area contributed by atoms with Gasteiger partial charge in [0, 0.05) is 6.42 Å². The van der Waals surface area contributed by atoms with Crippen molar-refractivity contribution in [2.24, 2.45) is 5.73 Å². The van der Waals surface area contributed by atoms with Crippen molar-refractivity contribution in [3.8, 4) is 0 Å². The first-order valence-electron chi connectivity index (χ1n) is 3.12. The highest BCUT2D eigenvalue weighted by Crippen LogP contribution is 2.00. The molecule has 0 fully saturated rings. The maximum Gasteiger partial charge on any atom is 0.416 e. The SMILES string of the molecule is Cc1[nH]c(=O)oc1CCN. The molecule has 0 bridgehead atoms. The van der Waals surface area contributed by atoms with Crippen LogP contribution >= 0.6 is 0 Å². The molecule has 0 saturated carbocycles. The van der Waals surface area contributed by atoms with Gasteiger partial charge in [-0.25, -0.2) is 4.79 Å². The zero-order chi connectivity index (χ0) is 7.56. The Hall–Kier alpha value is -1.03. The van der Waals surface area contributed by atoms with Crippen molar-refractivity contribution in [2.45, 2.75) is 13.3 Å². The largest absolute Gasteiger partial charge is 0.416 e. The number of rotatable bonds is 2. The number of aryl methyl sites for hydroxylation is 1. The van der Waals surface area contributed by atoms with Crippen LogP contribution in [0.3, 0.4) is 0 Å². The molecule has 3 N–H and O–H groups in total. The molecule has 0 aliphatic carbocycles. The van der Waals surface area contributed by atoms with Gasteiger partial charge in [-0.1, -0.05) is 0 Å². The van der Waals surface area contributed by atoms with Crippen molar-refractivity contribution in [3.63, 3.8) is 0 Å². The summed E-state index contributed by atoms with van der Waals surface area (Å²) in [7, 11) is 0. The van der Waals surface area contributed by atoms with Gasteiger partial charge in [0.25, 0.3) is 0 Å². The van der Waals surface area contributed by atoms with E-state index in [-0.39, 0.29) is 0 Å². The Bertz CT molecular complexity index is 261. The van der Waals surface area contributed by atoms with E-state index in [4.69, 9.17) is 10.2 Å². The fourth-order valence-corrected chi connectivity index (χ4v) is 0.806. The number of aromatic amines is 1. The van der Waals surface area contributed by atoms with E-state index in [2.05, 4.69) is 4.98 Å². The van der Waals surface area contributed by atoms with Gasteiger partial charge in [-0.3, -0.25) is 4.98 Å². The molecule has 1 aromatic heterocycles. The molecule has 1 heterocycles. The number of hydrogen-bond acceptors (Lipinski definition) is 3. The molecule has 0 spiro atoms. The van der Waals surface area contributed by atoms with Crippen molar-refractivity contribution >= 4 is 0 Å². The van der Waals surface area contributed by atoms with Gasteiger partial charge in [0.1, 0.15) is 5.76 Å². The Kier molecular flexibility index (Phi) is 1.91. The molecule has 0 aliphatic heterocycles.